The Labute approximate surface area is 118 Å². The van der Waals surface area contributed by atoms with Crippen LogP contribution in [0.3, 0.4) is 0 Å². The molecular weight excluding hydrogens is 254 g/mol. The number of para-hydroxylation sites is 1. The molecule has 5 heteroatoms. The van der Waals surface area contributed by atoms with Crippen LogP contribution >= 0.6 is 0 Å². The number of nitrogens with zero attached hydrogens (tertiary/aromatic N) is 1. The van der Waals surface area contributed by atoms with Gasteiger partial charge >= 0.3 is 0 Å². The van der Waals surface area contributed by atoms with Crippen LogP contribution in [0.1, 0.15) is 23.4 Å². The summed E-state index contributed by atoms with van der Waals surface area (Å²) in [5.41, 5.74) is 3.46. The smallest absolute Gasteiger partial charge is 0.227 e. The lowest BCUT2D eigenvalue weighted by Gasteiger charge is -2.09. The van der Waals surface area contributed by atoms with Gasteiger partial charge in [-0.1, -0.05) is 18.2 Å². The van der Waals surface area contributed by atoms with Crippen molar-refractivity contribution < 1.29 is 9.53 Å². The normalized spacial score (nSPS) is 10.3. The van der Waals surface area contributed by atoms with Crippen LogP contribution in [0.25, 0.3) is 0 Å². The SMILES string of the molecule is Cc1ccccc1OCCC(=O)Nc1c(C)n[nH]c1C. The molecule has 5 nitrogen and oxygen atoms in total. The molecule has 1 amide bonds. The molecule has 20 heavy (non-hydrogen) atoms. The Kier molecular flexibility index (Phi) is 4.40. The van der Waals surface area contributed by atoms with Crippen LogP contribution in [0.5, 0.6) is 5.75 Å². The van der Waals surface area contributed by atoms with E-state index >= 15 is 0 Å². The predicted octanol–water partition coefficient (Wildman–Crippen LogP) is 2.74. The maximum absolute atomic E-state index is 11.9. The average Bonchev–Trinajstić information content (AvgIpc) is 2.73. The van der Waals surface area contributed by atoms with Gasteiger partial charge in [0.05, 0.1) is 30.1 Å². The summed E-state index contributed by atoms with van der Waals surface area (Å²) in [6.45, 7) is 6.06. The summed E-state index contributed by atoms with van der Waals surface area (Å²) in [5, 5.41) is 9.72. The second-order valence-electron chi connectivity index (χ2n) is 4.72. The van der Waals surface area contributed by atoms with Crippen LogP contribution in [-0.4, -0.2) is 22.7 Å². The van der Waals surface area contributed by atoms with Crippen LogP contribution < -0.4 is 10.1 Å². The molecule has 0 saturated heterocycles. The van der Waals surface area contributed by atoms with Crippen LogP contribution in [0, 0.1) is 20.8 Å². The quantitative estimate of drug-likeness (QED) is 0.880. The molecule has 0 aliphatic rings. The molecule has 0 radical (unpaired) electrons. The number of hydrogen-bond donors (Lipinski definition) is 2. The van der Waals surface area contributed by atoms with Gasteiger partial charge in [-0.25, -0.2) is 0 Å². The minimum atomic E-state index is -0.0776. The van der Waals surface area contributed by atoms with Crippen molar-refractivity contribution in [1.29, 1.82) is 0 Å². The average molecular weight is 273 g/mol. The second-order valence-corrected chi connectivity index (χ2v) is 4.72. The van der Waals surface area contributed by atoms with Crippen LogP contribution in [0.2, 0.25) is 0 Å². The zero-order valence-electron chi connectivity index (χ0n) is 12.0. The van der Waals surface area contributed by atoms with Crippen molar-refractivity contribution in [2.45, 2.75) is 27.2 Å². The Balaban J connectivity index is 1.83. The van der Waals surface area contributed by atoms with Gasteiger partial charge in [0.25, 0.3) is 0 Å². The maximum atomic E-state index is 11.9. The molecule has 0 saturated carbocycles. The van der Waals surface area contributed by atoms with Crippen molar-refractivity contribution >= 4 is 11.6 Å². The van der Waals surface area contributed by atoms with Gasteiger partial charge in [0, 0.05) is 0 Å². The Morgan fingerprint density at radius 2 is 2.05 bits per heavy atom. The molecule has 1 aromatic heterocycles. The molecule has 2 aromatic rings. The Morgan fingerprint density at radius 3 is 2.70 bits per heavy atom. The first-order valence-corrected chi connectivity index (χ1v) is 6.58. The van der Waals surface area contributed by atoms with Crippen molar-refractivity contribution in [3.8, 4) is 5.75 Å². The number of ether oxygens (including phenoxy) is 1. The fourth-order valence-corrected chi connectivity index (χ4v) is 1.91. The minimum absolute atomic E-state index is 0.0776. The van der Waals surface area contributed by atoms with Crippen LogP contribution in [-0.2, 0) is 4.79 Å². The molecule has 0 atom stereocenters. The zero-order chi connectivity index (χ0) is 14.5. The van der Waals surface area contributed by atoms with Gasteiger partial charge in [0.15, 0.2) is 0 Å². The topological polar surface area (TPSA) is 67.0 Å². The zero-order valence-corrected chi connectivity index (χ0v) is 12.0. The van der Waals surface area contributed by atoms with Gasteiger partial charge in [0.2, 0.25) is 5.91 Å². The van der Waals surface area contributed by atoms with E-state index in [4.69, 9.17) is 4.74 Å². The third-order valence-corrected chi connectivity index (χ3v) is 3.07. The first-order valence-electron chi connectivity index (χ1n) is 6.58. The molecule has 2 N–H and O–H groups in total. The number of carbonyl (C=O) groups is 1. The van der Waals surface area contributed by atoms with E-state index in [1.54, 1.807) is 0 Å². The van der Waals surface area contributed by atoms with E-state index in [1.807, 2.05) is 45.0 Å². The molecule has 0 bridgehead atoms. The molecular formula is C15H19N3O2. The van der Waals surface area contributed by atoms with E-state index in [-0.39, 0.29) is 5.91 Å². The highest BCUT2D eigenvalue weighted by atomic mass is 16.5. The summed E-state index contributed by atoms with van der Waals surface area (Å²) in [7, 11) is 0. The first-order chi connectivity index (χ1) is 9.58. The number of nitrogens with one attached hydrogen (secondary N) is 2. The van der Waals surface area contributed by atoms with E-state index in [1.165, 1.54) is 0 Å². The molecule has 1 heterocycles. The number of aromatic nitrogens is 2. The van der Waals surface area contributed by atoms with Crippen LogP contribution in [0.15, 0.2) is 24.3 Å². The molecule has 0 spiro atoms. The standard InChI is InChI=1S/C15H19N3O2/c1-10-6-4-5-7-13(10)20-9-8-14(19)16-15-11(2)17-18-12(15)3/h4-7H,8-9H2,1-3H3,(H,16,19)(H,17,18). The summed E-state index contributed by atoms with van der Waals surface area (Å²) in [6.07, 6.45) is 0.304. The van der Waals surface area contributed by atoms with Gasteiger partial charge < -0.3 is 10.1 Å². The lowest BCUT2D eigenvalue weighted by atomic mass is 10.2. The van der Waals surface area contributed by atoms with Crippen molar-refractivity contribution in [2.75, 3.05) is 11.9 Å². The van der Waals surface area contributed by atoms with E-state index in [0.29, 0.717) is 13.0 Å². The number of benzene rings is 1. The predicted molar refractivity (Wildman–Crippen MR) is 78.0 cm³/mol. The minimum Gasteiger partial charge on any atom is -0.493 e. The summed E-state index contributed by atoms with van der Waals surface area (Å²) < 4.78 is 5.60. The number of hydrogen-bond acceptors (Lipinski definition) is 3. The molecule has 2 rings (SSSR count). The summed E-state index contributed by atoms with van der Waals surface area (Å²) in [4.78, 5) is 11.9. The molecule has 0 aliphatic heterocycles. The molecule has 0 fully saturated rings. The van der Waals surface area contributed by atoms with Gasteiger partial charge in [-0.05, 0) is 32.4 Å². The Hall–Kier alpha value is -2.30. The van der Waals surface area contributed by atoms with E-state index in [0.717, 1.165) is 28.4 Å². The first kappa shape index (κ1) is 14.1. The van der Waals surface area contributed by atoms with Crippen molar-refractivity contribution in [3.05, 3.63) is 41.2 Å². The van der Waals surface area contributed by atoms with E-state index in [9.17, 15) is 4.79 Å². The Bertz CT molecular complexity index is 585. The summed E-state index contributed by atoms with van der Waals surface area (Å²) in [5.74, 6) is 0.738. The van der Waals surface area contributed by atoms with Gasteiger partial charge in [-0.3, -0.25) is 9.89 Å². The summed E-state index contributed by atoms with van der Waals surface area (Å²) >= 11 is 0. The fourth-order valence-electron chi connectivity index (χ4n) is 1.91. The van der Waals surface area contributed by atoms with Crippen molar-refractivity contribution in [3.63, 3.8) is 0 Å². The summed E-state index contributed by atoms with van der Waals surface area (Å²) in [6, 6.07) is 7.76. The van der Waals surface area contributed by atoms with Crippen molar-refractivity contribution in [1.82, 2.24) is 10.2 Å². The third kappa shape index (κ3) is 3.38. The number of aromatic amines is 1. The number of amides is 1. The molecule has 0 unspecified atom stereocenters. The Morgan fingerprint density at radius 1 is 1.30 bits per heavy atom. The van der Waals surface area contributed by atoms with E-state index in [2.05, 4.69) is 15.5 Å². The number of aryl methyl sites for hydroxylation is 3. The highest BCUT2D eigenvalue weighted by molar-refractivity contribution is 5.91. The number of anilines is 1. The largest absolute Gasteiger partial charge is 0.493 e. The molecule has 106 valence electrons. The number of H-pyrrole nitrogens is 1. The number of rotatable bonds is 5. The van der Waals surface area contributed by atoms with Gasteiger partial charge in [0.1, 0.15) is 5.75 Å². The maximum Gasteiger partial charge on any atom is 0.227 e. The van der Waals surface area contributed by atoms with Crippen molar-refractivity contribution in [2.24, 2.45) is 0 Å². The lowest BCUT2D eigenvalue weighted by molar-refractivity contribution is -0.116. The number of carbonyl (C=O) groups excluding carboxylic acids is 1. The second kappa shape index (κ2) is 6.23. The lowest BCUT2D eigenvalue weighted by Crippen LogP contribution is -2.16. The highest BCUT2D eigenvalue weighted by Gasteiger charge is 2.10. The highest BCUT2D eigenvalue weighted by Crippen LogP contribution is 2.17. The molecule has 0 aliphatic carbocycles. The fraction of sp³-hybridized carbons (Fsp3) is 0.333. The van der Waals surface area contributed by atoms with Gasteiger partial charge in [-0.15, -0.1) is 0 Å². The van der Waals surface area contributed by atoms with Crippen LogP contribution in [0.4, 0.5) is 5.69 Å². The van der Waals surface area contributed by atoms with Gasteiger partial charge in [-0.2, -0.15) is 5.10 Å². The van der Waals surface area contributed by atoms with E-state index < -0.39 is 0 Å². The third-order valence-electron chi connectivity index (χ3n) is 3.07. The molecule has 1 aromatic carbocycles. The monoisotopic (exact) mass is 273 g/mol.